The highest BCUT2D eigenvalue weighted by molar-refractivity contribution is 7.90. The van der Waals surface area contributed by atoms with Crippen LogP contribution in [0.1, 0.15) is 23.2 Å². The molecule has 0 amide bonds. The maximum Gasteiger partial charge on any atom is 0.175 e. The van der Waals surface area contributed by atoms with Gasteiger partial charge in [-0.3, -0.25) is 4.90 Å². The highest BCUT2D eigenvalue weighted by Gasteiger charge is 2.25. The molecular formula is C26H27N3O4S. The van der Waals surface area contributed by atoms with Crippen LogP contribution in [-0.2, 0) is 21.1 Å². The number of methoxy groups -OCH3 is 1. The Morgan fingerprint density at radius 1 is 1.06 bits per heavy atom. The topological polar surface area (TPSA) is 84.5 Å². The maximum absolute atomic E-state index is 11.8. The molecule has 1 unspecified atom stereocenters. The van der Waals surface area contributed by atoms with E-state index in [9.17, 15) is 8.42 Å². The molecule has 0 spiro atoms. The summed E-state index contributed by atoms with van der Waals surface area (Å²) < 4.78 is 35.5. The molecule has 1 aliphatic heterocycles. The Labute approximate surface area is 199 Å². The third-order valence-corrected chi connectivity index (χ3v) is 7.28. The molecule has 0 fully saturated rings. The third kappa shape index (κ3) is 4.44. The van der Waals surface area contributed by atoms with Crippen LogP contribution in [0.3, 0.4) is 0 Å². The lowest BCUT2D eigenvalue weighted by molar-refractivity contribution is -0.0415. The largest absolute Gasteiger partial charge is 0.492 e. The van der Waals surface area contributed by atoms with E-state index in [-0.39, 0.29) is 6.23 Å². The molecule has 1 aliphatic rings. The molecule has 4 aromatic rings. The number of aromatic nitrogens is 2. The minimum Gasteiger partial charge on any atom is -0.492 e. The van der Waals surface area contributed by atoms with Gasteiger partial charge in [0.05, 0.1) is 15.9 Å². The summed E-state index contributed by atoms with van der Waals surface area (Å²) >= 11 is 0. The first-order valence-electron chi connectivity index (χ1n) is 11.1. The SMILES string of the molecule is COC(c1ccc(S(C)(=O)=O)cc1)N1CCOc2ccc(-c3ccc4nc(C)[nH]c4c3)cc2C1. The van der Waals surface area contributed by atoms with Gasteiger partial charge in [-0.25, -0.2) is 13.4 Å². The van der Waals surface area contributed by atoms with Crippen molar-refractivity contribution >= 4 is 20.9 Å². The zero-order chi connectivity index (χ0) is 23.9. The maximum atomic E-state index is 11.8. The van der Waals surface area contributed by atoms with E-state index < -0.39 is 9.84 Å². The molecule has 8 heteroatoms. The monoisotopic (exact) mass is 477 g/mol. The summed E-state index contributed by atoms with van der Waals surface area (Å²) in [6.45, 7) is 3.80. The van der Waals surface area contributed by atoms with Crippen LogP contribution >= 0.6 is 0 Å². The summed E-state index contributed by atoms with van der Waals surface area (Å²) in [5.74, 6) is 1.76. The summed E-state index contributed by atoms with van der Waals surface area (Å²) in [5, 5.41) is 0. The summed E-state index contributed by atoms with van der Waals surface area (Å²) in [7, 11) is -1.58. The Morgan fingerprint density at radius 2 is 1.79 bits per heavy atom. The van der Waals surface area contributed by atoms with Crippen molar-refractivity contribution in [1.82, 2.24) is 14.9 Å². The van der Waals surface area contributed by atoms with Crippen molar-refractivity contribution in [2.24, 2.45) is 0 Å². The first-order chi connectivity index (χ1) is 16.3. The Morgan fingerprint density at radius 3 is 2.53 bits per heavy atom. The third-order valence-electron chi connectivity index (χ3n) is 6.15. The molecule has 0 saturated carbocycles. The molecule has 5 rings (SSSR count). The fourth-order valence-electron chi connectivity index (χ4n) is 4.49. The summed E-state index contributed by atoms with van der Waals surface area (Å²) in [4.78, 5) is 10.3. The number of H-pyrrole nitrogens is 1. The van der Waals surface area contributed by atoms with Gasteiger partial charge in [-0.15, -0.1) is 0 Å². The van der Waals surface area contributed by atoms with E-state index >= 15 is 0 Å². The van der Waals surface area contributed by atoms with Crippen molar-refractivity contribution < 1.29 is 17.9 Å². The van der Waals surface area contributed by atoms with Crippen LogP contribution in [0.15, 0.2) is 65.6 Å². The van der Waals surface area contributed by atoms with Gasteiger partial charge in [0.2, 0.25) is 0 Å². The van der Waals surface area contributed by atoms with Crippen LogP contribution in [0.2, 0.25) is 0 Å². The van der Waals surface area contributed by atoms with Gasteiger partial charge in [0.25, 0.3) is 0 Å². The minimum absolute atomic E-state index is 0.296. The van der Waals surface area contributed by atoms with Gasteiger partial charge in [0.1, 0.15) is 24.4 Å². The molecule has 2 heterocycles. The number of sulfone groups is 1. The number of hydrogen-bond donors (Lipinski definition) is 1. The second kappa shape index (κ2) is 8.87. The number of benzene rings is 3. The van der Waals surface area contributed by atoms with Crippen LogP contribution < -0.4 is 4.74 Å². The molecule has 1 N–H and O–H groups in total. The first-order valence-corrected chi connectivity index (χ1v) is 13.0. The van der Waals surface area contributed by atoms with Crippen molar-refractivity contribution in [2.75, 3.05) is 26.5 Å². The van der Waals surface area contributed by atoms with Crippen molar-refractivity contribution in [2.45, 2.75) is 24.6 Å². The van der Waals surface area contributed by atoms with E-state index in [4.69, 9.17) is 9.47 Å². The number of nitrogens with one attached hydrogen (secondary N) is 1. The van der Waals surface area contributed by atoms with Crippen LogP contribution in [0.25, 0.3) is 22.2 Å². The predicted octanol–water partition coefficient (Wildman–Crippen LogP) is 4.48. The van der Waals surface area contributed by atoms with Gasteiger partial charge in [-0.05, 0) is 60.0 Å². The van der Waals surface area contributed by atoms with Gasteiger partial charge in [-0.2, -0.15) is 0 Å². The summed E-state index contributed by atoms with van der Waals surface area (Å²) in [6, 6.07) is 19.4. The second-order valence-electron chi connectivity index (χ2n) is 8.62. The lowest BCUT2D eigenvalue weighted by atomic mass is 10.0. The molecule has 34 heavy (non-hydrogen) atoms. The van der Waals surface area contributed by atoms with Crippen LogP contribution in [0.4, 0.5) is 0 Å². The van der Waals surface area contributed by atoms with Crippen LogP contribution in [0, 0.1) is 6.92 Å². The average molecular weight is 478 g/mol. The quantitative estimate of drug-likeness (QED) is 0.456. The average Bonchev–Trinajstić information content (AvgIpc) is 3.06. The highest BCUT2D eigenvalue weighted by Crippen LogP contribution is 2.33. The zero-order valence-corrected chi connectivity index (χ0v) is 20.2. The molecule has 0 aliphatic carbocycles. The molecular weight excluding hydrogens is 450 g/mol. The number of rotatable bonds is 5. The van der Waals surface area contributed by atoms with E-state index in [0.717, 1.165) is 44.9 Å². The minimum atomic E-state index is -3.25. The fraction of sp³-hybridized carbons (Fsp3) is 0.269. The highest BCUT2D eigenvalue weighted by atomic mass is 32.2. The van der Waals surface area contributed by atoms with E-state index in [2.05, 4.69) is 39.1 Å². The lowest BCUT2D eigenvalue weighted by Crippen LogP contribution is -2.31. The molecule has 0 bridgehead atoms. The van der Waals surface area contributed by atoms with Crippen molar-refractivity contribution in [3.63, 3.8) is 0 Å². The Hall–Kier alpha value is -3.20. The Balaban J connectivity index is 1.44. The summed E-state index contributed by atoms with van der Waals surface area (Å²) in [5.41, 5.74) is 6.15. The fourth-order valence-corrected chi connectivity index (χ4v) is 5.12. The first kappa shape index (κ1) is 22.6. The number of hydrogen-bond acceptors (Lipinski definition) is 6. The number of fused-ring (bicyclic) bond motifs is 2. The Bertz CT molecular complexity index is 1440. The van der Waals surface area contributed by atoms with Crippen LogP contribution in [0.5, 0.6) is 5.75 Å². The van der Waals surface area contributed by atoms with Gasteiger partial charge in [0, 0.05) is 32.0 Å². The number of nitrogens with zero attached hydrogens (tertiary/aromatic N) is 2. The van der Waals surface area contributed by atoms with E-state index in [1.165, 1.54) is 6.26 Å². The number of aromatic amines is 1. The number of imidazole rings is 1. The molecule has 1 atom stereocenters. The van der Waals surface area contributed by atoms with Crippen molar-refractivity contribution in [3.8, 4) is 16.9 Å². The second-order valence-corrected chi connectivity index (χ2v) is 10.6. The van der Waals surface area contributed by atoms with Gasteiger partial charge >= 0.3 is 0 Å². The molecule has 176 valence electrons. The lowest BCUT2D eigenvalue weighted by Gasteiger charge is -2.29. The molecule has 0 saturated heterocycles. The molecule has 7 nitrogen and oxygen atoms in total. The van der Waals surface area contributed by atoms with E-state index in [0.29, 0.717) is 24.6 Å². The molecule has 1 aromatic heterocycles. The number of aryl methyl sites for hydroxylation is 1. The van der Waals surface area contributed by atoms with Crippen molar-refractivity contribution in [1.29, 1.82) is 0 Å². The number of ether oxygens (including phenoxy) is 2. The zero-order valence-electron chi connectivity index (χ0n) is 19.4. The van der Waals surface area contributed by atoms with Crippen LogP contribution in [-0.4, -0.2) is 49.8 Å². The Kier molecular flexibility index (Phi) is 5.89. The molecule has 0 radical (unpaired) electrons. The van der Waals surface area contributed by atoms with Gasteiger partial charge in [-0.1, -0.05) is 24.3 Å². The van der Waals surface area contributed by atoms with Gasteiger partial charge in [0.15, 0.2) is 9.84 Å². The van der Waals surface area contributed by atoms with Crippen molar-refractivity contribution in [3.05, 3.63) is 77.6 Å². The predicted molar refractivity (Wildman–Crippen MR) is 131 cm³/mol. The van der Waals surface area contributed by atoms with E-state index in [1.54, 1.807) is 19.2 Å². The molecule has 3 aromatic carbocycles. The standard InChI is InChI=1S/C26H27N3O4S/c1-17-27-23-10-6-20(15-24(23)28-17)19-7-11-25-21(14-19)16-29(12-13-33-25)26(32-2)18-4-8-22(9-5-18)34(3,30)31/h4-11,14-15,26H,12-13,16H2,1-3H3,(H,27,28). The smallest absolute Gasteiger partial charge is 0.175 e. The van der Waals surface area contributed by atoms with E-state index in [1.807, 2.05) is 31.2 Å². The summed E-state index contributed by atoms with van der Waals surface area (Å²) in [6.07, 6.45) is 0.887. The normalized spacial score (nSPS) is 15.5. The van der Waals surface area contributed by atoms with Gasteiger partial charge < -0.3 is 14.5 Å².